The van der Waals surface area contributed by atoms with Crippen LogP contribution in [0.2, 0.25) is 0 Å². The van der Waals surface area contributed by atoms with Crippen molar-refractivity contribution in [3.05, 3.63) is 22.8 Å². The Morgan fingerprint density at radius 3 is 2.22 bits per heavy atom. The maximum Gasteiger partial charge on any atom is 0.235 e. The maximum absolute atomic E-state index is 13.9. The first-order valence-corrected chi connectivity index (χ1v) is 12.2. The number of amides is 1. The normalized spacial score (nSPS) is 31.3. The van der Waals surface area contributed by atoms with Crippen molar-refractivity contribution in [2.45, 2.75) is 31.0 Å². The molecule has 4 N–H and O–H groups in total. The van der Waals surface area contributed by atoms with E-state index in [0.29, 0.717) is 17.7 Å². The summed E-state index contributed by atoms with van der Waals surface area (Å²) in [4.78, 5) is 71.5. The second-order valence-electron chi connectivity index (χ2n) is 11.2. The Kier molecular flexibility index (Phi) is 6.54. The van der Waals surface area contributed by atoms with Gasteiger partial charge in [0.2, 0.25) is 5.91 Å². The van der Waals surface area contributed by atoms with Gasteiger partial charge in [0.25, 0.3) is 0 Å². The number of nitrogens with zero attached hydrogens (tertiary/aromatic N) is 3. The van der Waals surface area contributed by atoms with Gasteiger partial charge < -0.3 is 25.7 Å². The molecule has 11 nitrogen and oxygen atoms in total. The lowest BCUT2D eigenvalue weighted by molar-refractivity contribution is -0.181. The number of hydrogen-bond donors (Lipinski definition) is 3. The van der Waals surface area contributed by atoms with Gasteiger partial charge in [0.1, 0.15) is 5.75 Å². The number of rotatable bonds is 5. The fourth-order valence-electron chi connectivity index (χ4n) is 6.57. The number of aliphatic hydroxyl groups is 1. The molecular formula is C26H34N4O7. The topological polar surface area (TPSA) is 162 Å². The van der Waals surface area contributed by atoms with Gasteiger partial charge in [0, 0.05) is 37.8 Å². The fourth-order valence-corrected chi connectivity index (χ4v) is 6.57. The summed E-state index contributed by atoms with van der Waals surface area (Å²) >= 11 is 0. The molecule has 3 unspecified atom stereocenters. The molecule has 1 aromatic carbocycles. The van der Waals surface area contributed by atoms with E-state index in [9.17, 15) is 34.2 Å². The van der Waals surface area contributed by atoms with Crippen LogP contribution in [-0.2, 0) is 32.1 Å². The lowest BCUT2D eigenvalue weighted by Gasteiger charge is -2.52. The molecule has 0 aromatic heterocycles. The summed E-state index contributed by atoms with van der Waals surface area (Å²) in [5.74, 6) is -10.4. The number of hydrogen-bond acceptors (Lipinski definition) is 10. The molecule has 0 radical (unpaired) electrons. The maximum atomic E-state index is 13.9. The molecule has 6 atom stereocenters. The van der Waals surface area contributed by atoms with Crippen molar-refractivity contribution in [3.63, 3.8) is 0 Å². The number of phenols is 1. The number of fused-ring (bicyclic) bond motifs is 3. The minimum absolute atomic E-state index is 0.00893. The number of ketones is 4. The molecule has 37 heavy (non-hydrogen) atoms. The van der Waals surface area contributed by atoms with Crippen LogP contribution in [0.4, 0.5) is 5.69 Å². The zero-order chi connectivity index (χ0) is 27.7. The number of phenolic OH excluding ortho intramolecular Hbond substituents is 1. The van der Waals surface area contributed by atoms with Crippen molar-refractivity contribution in [2.75, 3.05) is 47.2 Å². The number of carbonyl (C=O) groups is 5. The smallest absolute Gasteiger partial charge is 0.235 e. The molecule has 1 aromatic rings. The van der Waals surface area contributed by atoms with Crippen molar-refractivity contribution >= 4 is 34.7 Å². The van der Waals surface area contributed by atoms with Gasteiger partial charge in [-0.2, -0.15) is 0 Å². The summed E-state index contributed by atoms with van der Waals surface area (Å²) in [6.07, 6.45) is 0.256. The minimum atomic E-state index is -2.72. The van der Waals surface area contributed by atoms with Gasteiger partial charge in [-0.3, -0.25) is 28.9 Å². The van der Waals surface area contributed by atoms with Crippen LogP contribution in [0.1, 0.15) is 27.9 Å². The molecule has 0 spiro atoms. The van der Waals surface area contributed by atoms with E-state index in [1.165, 1.54) is 4.90 Å². The number of aromatic hydroxyl groups is 1. The van der Waals surface area contributed by atoms with Gasteiger partial charge in [-0.05, 0) is 58.6 Å². The molecule has 200 valence electrons. The van der Waals surface area contributed by atoms with E-state index in [1.54, 1.807) is 14.1 Å². The summed E-state index contributed by atoms with van der Waals surface area (Å²) < 4.78 is 0. The van der Waals surface area contributed by atoms with Gasteiger partial charge in [0.15, 0.2) is 34.7 Å². The van der Waals surface area contributed by atoms with Crippen molar-refractivity contribution in [1.29, 1.82) is 0 Å². The van der Waals surface area contributed by atoms with Gasteiger partial charge in [0.05, 0.1) is 17.5 Å². The minimum Gasteiger partial charge on any atom is -0.507 e. The van der Waals surface area contributed by atoms with Crippen LogP contribution < -0.4 is 10.6 Å². The first kappa shape index (κ1) is 26.9. The highest BCUT2D eigenvalue weighted by molar-refractivity contribution is 6.32. The predicted molar refractivity (Wildman–Crippen MR) is 133 cm³/mol. The average molecular weight is 515 g/mol. The lowest BCUT2D eigenvalue weighted by atomic mass is 9.52. The fraction of sp³-hybridized carbons (Fsp3) is 0.577. The number of nitrogens with two attached hydrogens (primary N) is 1. The number of anilines is 1. The van der Waals surface area contributed by atoms with Crippen molar-refractivity contribution < 1.29 is 34.2 Å². The Balaban J connectivity index is 1.90. The highest BCUT2D eigenvalue weighted by Gasteiger charge is 2.69. The summed E-state index contributed by atoms with van der Waals surface area (Å²) in [7, 11) is 10.4. The molecule has 0 aliphatic heterocycles. The van der Waals surface area contributed by atoms with Crippen LogP contribution in [0.15, 0.2) is 6.07 Å². The Morgan fingerprint density at radius 1 is 1.08 bits per heavy atom. The Morgan fingerprint density at radius 2 is 1.70 bits per heavy atom. The van der Waals surface area contributed by atoms with Crippen LogP contribution in [0.3, 0.4) is 0 Å². The first-order chi connectivity index (χ1) is 17.1. The summed E-state index contributed by atoms with van der Waals surface area (Å²) in [6, 6.07) is 0.696. The number of likely N-dealkylation sites (N-methyl/N-ethyl adjacent to an activating group) is 1. The van der Waals surface area contributed by atoms with Crippen molar-refractivity contribution in [1.82, 2.24) is 9.80 Å². The second-order valence-corrected chi connectivity index (χ2v) is 11.2. The number of primary amides is 1. The second kappa shape index (κ2) is 9.00. The molecule has 0 heterocycles. The summed E-state index contributed by atoms with van der Waals surface area (Å²) in [6.45, 7) is 0.340. The van der Waals surface area contributed by atoms with Gasteiger partial charge in [-0.15, -0.1) is 0 Å². The van der Waals surface area contributed by atoms with E-state index in [4.69, 9.17) is 5.73 Å². The molecule has 2 saturated carbocycles. The van der Waals surface area contributed by atoms with E-state index in [1.807, 2.05) is 44.1 Å². The number of Topliss-reactive ketones (excluding diaryl/α,β-unsaturated/α-hetero) is 4. The van der Waals surface area contributed by atoms with E-state index >= 15 is 0 Å². The largest absolute Gasteiger partial charge is 0.507 e. The molecule has 3 aliphatic rings. The quantitative estimate of drug-likeness (QED) is 0.415. The molecule has 0 saturated heterocycles. The van der Waals surface area contributed by atoms with Gasteiger partial charge in [-0.25, -0.2) is 0 Å². The van der Waals surface area contributed by atoms with E-state index in [2.05, 4.69) is 0 Å². The highest BCUT2D eigenvalue weighted by Crippen LogP contribution is 2.52. The molecule has 11 heteroatoms. The van der Waals surface area contributed by atoms with Crippen LogP contribution in [0.25, 0.3) is 0 Å². The first-order valence-electron chi connectivity index (χ1n) is 12.2. The Hall–Kier alpha value is -3.15. The average Bonchev–Trinajstić information content (AvgIpc) is 2.77. The van der Waals surface area contributed by atoms with Crippen LogP contribution in [-0.4, -0.2) is 103 Å². The standard InChI is InChI=1S/C26H34N4O7/c1-28(2)10-12-9-15(29(3)4)13-7-11-8-14-19(30(5)6)22(33)18(25(27)36)24(35)26(14,37)23(34)16(11)21(32)17(13)20(12)31/h9,11,14,16,18-19,31,37H,7-8,10H2,1-6H3,(H2,27,36)/t11-,14-,16?,18?,19?,26-/m0/s1. The van der Waals surface area contributed by atoms with E-state index in [0.717, 1.165) is 5.69 Å². The van der Waals surface area contributed by atoms with Crippen LogP contribution in [0.5, 0.6) is 5.75 Å². The zero-order valence-electron chi connectivity index (χ0n) is 21.9. The van der Waals surface area contributed by atoms with E-state index in [-0.39, 0.29) is 24.2 Å². The third-order valence-electron chi connectivity index (χ3n) is 8.09. The number of benzene rings is 1. The molecular weight excluding hydrogens is 480 g/mol. The Labute approximate surface area is 215 Å². The van der Waals surface area contributed by atoms with Gasteiger partial charge >= 0.3 is 0 Å². The number of carbonyl (C=O) groups excluding carboxylic acids is 5. The highest BCUT2D eigenvalue weighted by atomic mass is 16.3. The monoisotopic (exact) mass is 514 g/mol. The predicted octanol–water partition coefficient (Wildman–Crippen LogP) is -1.01. The zero-order valence-corrected chi connectivity index (χ0v) is 21.9. The molecule has 1 amide bonds. The van der Waals surface area contributed by atoms with Crippen molar-refractivity contribution in [2.24, 2.45) is 29.4 Å². The van der Waals surface area contributed by atoms with Gasteiger partial charge in [-0.1, -0.05) is 0 Å². The summed E-state index contributed by atoms with van der Waals surface area (Å²) in [5.41, 5.74) is 4.44. The summed E-state index contributed by atoms with van der Waals surface area (Å²) in [5, 5.41) is 22.8. The third kappa shape index (κ3) is 3.79. The van der Waals surface area contributed by atoms with Crippen molar-refractivity contribution in [3.8, 4) is 5.75 Å². The molecule has 0 bridgehead atoms. The third-order valence-corrected chi connectivity index (χ3v) is 8.09. The molecule has 2 fully saturated rings. The van der Waals surface area contributed by atoms with Crippen LogP contribution >= 0.6 is 0 Å². The Bertz CT molecular complexity index is 1220. The lowest BCUT2D eigenvalue weighted by Crippen LogP contribution is -2.74. The molecule has 4 rings (SSSR count). The molecule has 3 aliphatic carbocycles. The van der Waals surface area contributed by atoms with Crippen LogP contribution in [0, 0.1) is 23.7 Å². The SMILES string of the molecule is CN(C)Cc1cc(N(C)C)c2c(c1O)C(=O)C1C(=O)[C@]3(O)C(=O)C(C(N)=O)C(=O)C(N(C)C)[C@@H]3C[C@@H]1C2. The van der Waals surface area contributed by atoms with E-state index < -0.39 is 64.4 Å².